The Balaban J connectivity index is 1.73. The molecule has 0 radical (unpaired) electrons. The van der Waals surface area contributed by atoms with Crippen LogP contribution in [0.1, 0.15) is 25.0 Å². The van der Waals surface area contributed by atoms with E-state index in [0.717, 1.165) is 6.54 Å². The molecule has 16 heavy (non-hydrogen) atoms. The molecule has 1 aromatic rings. The van der Waals surface area contributed by atoms with Crippen LogP contribution >= 0.6 is 11.6 Å². The average molecular weight is 242 g/mol. The quantitative estimate of drug-likeness (QED) is 0.873. The van der Waals surface area contributed by atoms with Gasteiger partial charge in [-0.2, -0.15) is 0 Å². The number of halogens is 1. The Morgan fingerprint density at radius 1 is 1.38 bits per heavy atom. The van der Waals surface area contributed by atoms with Crippen LogP contribution in [-0.4, -0.2) is 29.2 Å². The van der Waals surface area contributed by atoms with E-state index in [2.05, 4.69) is 15.3 Å². The van der Waals surface area contributed by atoms with E-state index < -0.39 is 0 Å². The van der Waals surface area contributed by atoms with Crippen molar-refractivity contribution in [1.82, 2.24) is 15.3 Å². The van der Waals surface area contributed by atoms with Crippen molar-refractivity contribution in [3.63, 3.8) is 0 Å². The Morgan fingerprint density at radius 3 is 3.00 bits per heavy atom. The maximum absolute atomic E-state index is 5.88. The maximum atomic E-state index is 5.88. The van der Waals surface area contributed by atoms with Gasteiger partial charge in [-0.15, -0.1) is 0 Å². The highest BCUT2D eigenvalue weighted by atomic mass is 35.5. The topological polar surface area (TPSA) is 47.0 Å². The van der Waals surface area contributed by atoms with E-state index >= 15 is 0 Å². The van der Waals surface area contributed by atoms with Crippen LogP contribution in [0.2, 0.25) is 5.15 Å². The van der Waals surface area contributed by atoms with Gasteiger partial charge in [-0.05, 0) is 19.4 Å². The summed E-state index contributed by atoms with van der Waals surface area (Å²) in [5, 5.41) is 3.86. The molecule has 0 spiro atoms. The first-order valence-electron chi connectivity index (χ1n) is 5.63. The minimum Gasteiger partial charge on any atom is -0.373 e. The molecule has 0 saturated carbocycles. The van der Waals surface area contributed by atoms with Gasteiger partial charge in [-0.25, -0.2) is 4.98 Å². The lowest BCUT2D eigenvalue weighted by atomic mass is 10.1. The summed E-state index contributed by atoms with van der Waals surface area (Å²) in [7, 11) is 0. The van der Waals surface area contributed by atoms with Crippen LogP contribution in [0.5, 0.6) is 0 Å². The van der Waals surface area contributed by atoms with Crippen molar-refractivity contribution < 1.29 is 4.74 Å². The molecule has 88 valence electrons. The van der Waals surface area contributed by atoms with Gasteiger partial charge >= 0.3 is 0 Å². The van der Waals surface area contributed by atoms with E-state index in [9.17, 15) is 0 Å². The first kappa shape index (κ1) is 11.8. The van der Waals surface area contributed by atoms with Gasteiger partial charge < -0.3 is 10.1 Å². The summed E-state index contributed by atoms with van der Waals surface area (Å²) < 4.78 is 5.59. The Kier molecular flexibility index (Phi) is 4.51. The fourth-order valence-corrected chi connectivity index (χ4v) is 1.97. The van der Waals surface area contributed by atoms with Gasteiger partial charge in [0.15, 0.2) is 5.15 Å². The number of nitrogens with one attached hydrogen (secondary N) is 1. The van der Waals surface area contributed by atoms with E-state index in [-0.39, 0.29) is 0 Å². The Labute approximate surface area is 100 Å². The third kappa shape index (κ3) is 3.40. The van der Waals surface area contributed by atoms with E-state index in [0.29, 0.717) is 30.1 Å². The normalized spacial score (nSPS) is 20.9. The first-order valence-corrected chi connectivity index (χ1v) is 6.00. The second kappa shape index (κ2) is 6.13. The van der Waals surface area contributed by atoms with Gasteiger partial charge in [0.25, 0.3) is 0 Å². The molecule has 1 aromatic heterocycles. The Hall–Kier alpha value is -0.710. The summed E-state index contributed by atoms with van der Waals surface area (Å²) >= 11 is 5.88. The second-order valence-electron chi connectivity index (χ2n) is 3.96. The Morgan fingerprint density at radius 2 is 2.25 bits per heavy atom. The number of nitrogens with zero attached hydrogens (tertiary/aromatic N) is 2. The predicted molar refractivity (Wildman–Crippen MR) is 62.3 cm³/mol. The van der Waals surface area contributed by atoms with E-state index in [1.54, 1.807) is 12.4 Å². The van der Waals surface area contributed by atoms with Gasteiger partial charge in [0.05, 0.1) is 13.2 Å². The molecule has 4 nitrogen and oxygen atoms in total. The largest absolute Gasteiger partial charge is 0.373 e. The molecular formula is C11H16ClN3O. The lowest BCUT2D eigenvalue weighted by Crippen LogP contribution is -2.37. The molecule has 1 N–H and O–H groups in total. The molecule has 1 unspecified atom stereocenters. The number of hydrogen-bond acceptors (Lipinski definition) is 4. The summed E-state index contributed by atoms with van der Waals surface area (Å²) in [5.41, 5.74) is 0.708. The molecule has 2 heterocycles. The molecule has 0 amide bonds. The minimum absolute atomic E-state index is 0.430. The van der Waals surface area contributed by atoms with Crippen molar-refractivity contribution in [3.05, 3.63) is 23.2 Å². The number of aromatic nitrogens is 2. The number of rotatable bonds is 4. The molecule has 0 aliphatic carbocycles. The number of ether oxygens (including phenoxy) is 1. The standard InChI is InChI=1S/C11H16ClN3O/c12-11-10(14-5-6-15-11)8-16-7-9-3-1-2-4-13-9/h5-6,9,13H,1-4,7-8H2. The predicted octanol–water partition coefficient (Wildman–Crippen LogP) is 1.79. The van der Waals surface area contributed by atoms with E-state index in [1.807, 2.05) is 0 Å². The zero-order chi connectivity index (χ0) is 11.2. The van der Waals surface area contributed by atoms with Crippen LogP contribution in [-0.2, 0) is 11.3 Å². The molecule has 1 atom stereocenters. The van der Waals surface area contributed by atoms with Crippen LogP contribution in [0.25, 0.3) is 0 Å². The van der Waals surface area contributed by atoms with Crippen molar-refractivity contribution in [2.24, 2.45) is 0 Å². The maximum Gasteiger partial charge on any atom is 0.152 e. The van der Waals surface area contributed by atoms with Crippen molar-refractivity contribution in [3.8, 4) is 0 Å². The van der Waals surface area contributed by atoms with Crippen molar-refractivity contribution in [2.75, 3.05) is 13.2 Å². The fourth-order valence-electron chi connectivity index (χ4n) is 1.81. The lowest BCUT2D eigenvalue weighted by Gasteiger charge is -2.23. The second-order valence-corrected chi connectivity index (χ2v) is 4.31. The molecule has 1 fully saturated rings. The Bertz CT molecular complexity index is 329. The van der Waals surface area contributed by atoms with Gasteiger partial charge in [-0.3, -0.25) is 4.98 Å². The highest BCUT2D eigenvalue weighted by Crippen LogP contribution is 2.11. The SMILES string of the molecule is Clc1nccnc1COCC1CCCCN1. The number of hydrogen-bond donors (Lipinski definition) is 1. The van der Waals surface area contributed by atoms with Crippen LogP contribution in [0.4, 0.5) is 0 Å². The lowest BCUT2D eigenvalue weighted by molar-refractivity contribution is 0.0889. The zero-order valence-electron chi connectivity index (χ0n) is 9.16. The van der Waals surface area contributed by atoms with Gasteiger partial charge in [0.1, 0.15) is 5.69 Å². The van der Waals surface area contributed by atoms with Gasteiger partial charge in [0.2, 0.25) is 0 Å². The molecule has 1 aliphatic rings. The average Bonchev–Trinajstić information content (AvgIpc) is 2.33. The minimum atomic E-state index is 0.430. The molecule has 1 aliphatic heterocycles. The highest BCUT2D eigenvalue weighted by molar-refractivity contribution is 6.29. The third-order valence-electron chi connectivity index (χ3n) is 2.69. The van der Waals surface area contributed by atoms with Crippen molar-refractivity contribution in [2.45, 2.75) is 31.9 Å². The molecule has 0 aromatic carbocycles. The van der Waals surface area contributed by atoms with E-state index in [1.165, 1.54) is 19.3 Å². The van der Waals surface area contributed by atoms with E-state index in [4.69, 9.17) is 16.3 Å². The summed E-state index contributed by atoms with van der Waals surface area (Å²) in [6.45, 7) is 2.25. The highest BCUT2D eigenvalue weighted by Gasteiger charge is 2.12. The summed E-state index contributed by atoms with van der Waals surface area (Å²) in [6, 6.07) is 0.476. The van der Waals surface area contributed by atoms with Gasteiger partial charge in [-0.1, -0.05) is 18.0 Å². The van der Waals surface area contributed by atoms with Crippen LogP contribution in [0.3, 0.4) is 0 Å². The monoisotopic (exact) mass is 241 g/mol. The van der Waals surface area contributed by atoms with Crippen LogP contribution < -0.4 is 5.32 Å². The van der Waals surface area contributed by atoms with Crippen LogP contribution in [0.15, 0.2) is 12.4 Å². The zero-order valence-corrected chi connectivity index (χ0v) is 9.91. The van der Waals surface area contributed by atoms with Crippen molar-refractivity contribution >= 4 is 11.6 Å². The molecule has 1 saturated heterocycles. The summed E-state index contributed by atoms with van der Waals surface area (Å²) in [4.78, 5) is 8.07. The summed E-state index contributed by atoms with van der Waals surface area (Å²) in [6.07, 6.45) is 6.95. The van der Waals surface area contributed by atoms with Gasteiger partial charge in [0, 0.05) is 18.4 Å². The first-order chi connectivity index (χ1) is 7.86. The fraction of sp³-hybridized carbons (Fsp3) is 0.636. The summed E-state index contributed by atoms with van der Waals surface area (Å²) in [5.74, 6) is 0. The smallest absolute Gasteiger partial charge is 0.152 e. The van der Waals surface area contributed by atoms with Crippen molar-refractivity contribution in [1.29, 1.82) is 0 Å². The third-order valence-corrected chi connectivity index (χ3v) is 3.01. The molecule has 0 bridgehead atoms. The number of piperidine rings is 1. The van der Waals surface area contributed by atoms with Crippen LogP contribution in [0, 0.1) is 0 Å². The molecule has 5 heteroatoms. The molecular weight excluding hydrogens is 226 g/mol. The molecule has 2 rings (SSSR count).